The van der Waals surface area contributed by atoms with Crippen LogP contribution in [0, 0.1) is 5.92 Å². The molecule has 24 heavy (non-hydrogen) atoms. The molecular formula is C16H26N4O3S. The summed E-state index contributed by atoms with van der Waals surface area (Å²) in [5, 5.41) is 0. The van der Waals surface area contributed by atoms with Crippen LogP contribution in [-0.2, 0) is 14.8 Å². The highest BCUT2D eigenvalue weighted by Crippen LogP contribution is 2.31. The molecule has 0 saturated carbocycles. The van der Waals surface area contributed by atoms with E-state index in [4.69, 9.17) is 5.73 Å². The Hall–Kier alpha value is -1.51. The van der Waals surface area contributed by atoms with Crippen molar-refractivity contribution in [2.24, 2.45) is 11.7 Å². The molecule has 1 amide bonds. The maximum absolute atomic E-state index is 12.2. The average molecular weight is 354 g/mol. The second-order valence-electron chi connectivity index (χ2n) is 6.57. The Morgan fingerprint density at radius 1 is 1.42 bits per heavy atom. The number of primary amides is 1. The van der Waals surface area contributed by atoms with E-state index < -0.39 is 27.7 Å². The Morgan fingerprint density at radius 2 is 2.08 bits per heavy atom. The predicted octanol–water partition coefficient (Wildman–Crippen LogP) is 0.648. The first kappa shape index (κ1) is 18.8. The van der Waals surface area contributed by atoms with Gasteiger partial charge in [-0.25, -0.2) is 13.1 Å². The van der Waals surface area contributed by atoms with Crippen LogP contribution < -0.4 is 10.5 Å². The van der Waals surface area contributed by atoms with Gasteiger partial charge in [0.25, 0.3) is 0 Å². The van der Waals surface area contributed by atoms with E-state index in [1.807, 2.05) is 6.07 Å². The Bertz CT molecular complexity index is 641. The number of hydrogen-bond acceptors (Lipinski definition) is 5. The highest BCUT2D eigenvalue weighted by Gasteiger charge is 2.31. The Morgan fingerprint density at radius 3 is 2.58 bits per heavy atom. The number of carbonyl (C=O) groups is 1. The number of hydrogen-bond donors (Lipinski definition) is 2. The van der Waals surface area contributed by atoms with Crippen LogP contribution >= 0.6 is 0 Å². The third-order valence-electron chi connectivity index (χ3n) is 4.46. The van der Waals surface area contributed by atoms with Crippen molar-refractivity contribution in [1.29, 1.82) is 0 Å². The summed E-state index contributed by atoms with van der Waals surface area (Å²) in [6.45, 7) is 6.18. The number of pyridine rings is 1. The largest absolute Gasteiger partial charge is 0.369 e. The van der Waals surface area contributed by atoms with Gasteiger partial charge < -0.3 is 10.6 Å². The number of piperidine rings is 1. The average Bonchev–Trinajstić information content (AvgIpc) is 2.52. The number of rotatable bonds is 7. The van der Waals surface area contributed by atoms with Crippen LogP contribution in [0.5, 0.6) is 0 Å². The van der Waals surface area contributed by atoms with Crippen molar-refractivity contribution in [3.8, 4) is 0 Å². The molecular weight excluding hydrogens is 328 g/mol. The molecule has 134 valence electrons. The predicted molar refractivity (Wildman–Crippen MR) is 92.5 cm³/mol. The molecule has 7 nitrogen and oxygen atoms in total. The smallest absolute Gasteiger partial charge is 0.234 e. The molecule has 8 heteroatoms. The summed E-state index contributed by atoms with van der Waals surface area (Å²) in [6, 6.07) is 3.74. The van der Waals surface area contributed by atoms with Crippen molar-refractivity contribution in [3.63, 3.8) is 0 Å². The van der Waals surface area contributed by atoms with Crippen molar-refractivity contribution < 1.29 is 13.2 Å². The lowest BCUT2D eigenvalue weighted by molar-refractivity contribution is -0.115. The second kappa shape index (κ2) is 8.04. The first-order valence-corrected chi connectivity index (χ1v) is 9.86. The van der Waals surface area contributed by atoms with E-state index in [0.29, 0.717) is 6.04 Å². The van der Waals surface area contributed by atoms with Crippen molar-refractivity contribution in [3.05, 3.63) is 30.1 Å². The van der Waals surface area contributed by atoms with Crippen LogP contribution in [0.25, 0.3) is 0 Å². The quantitative estimate of drug-likeness (QED) is 0.748. The van der Waals surface area contributed by atoms with Crippen LogP contribution in [0.1, 0.15) is 38.3 Å². The van der Waals surface area contributed by atoms with E-state index in [-0.39, 0.29) is 5.92 Å². The molecule has 3 N–H and O–H groups in total. The van der Waals surface area contributed by atoms with E-state index in [9.17, 15) is 13.2 Å². The lowest BCUT2D eigenvalue weighted by atomic mass is 9.86. The molecule has 2 rings (SSSR count). The third-order valence-corrected chi connectivity index (χ3v) is 5.74. The van der Waals surface area contributed by atoms with Gasteiger partial charge in [-0.05, 0) is 57.3 Å². The number of sulfonamides is 1. The first-order chi connectivity index (χ1) is 11.3. The van der Waals surface area contributed by atoms with Crippen LogP contribution in [0.3, 0.4) is 0 Å². The second-order valence-corrected chi connectivity index (χ2v) is 8.33. The fourth-order valence-electron chi connectivity index (χ4n) is 3.19. The van der Waals surface area contributed by atoms with Gasteiger partial charge in [0.1, 0.15) is 5.75 Å². The molecule has 1 unspecified atom stereocenters. The summed E-state index contributed by atoms with van der Waals surface area (Å²) in [7, 11) is -3.77. The molecule has 0 aromatic carbocycles. The number of amides is 1. The number of nitrogens with two attached hydrogens (primary N) is 1. The van der Waals surface area contributed by atoms with Crippen molar-refractivity contribution in [2.75, 3.05) is 18.8 Å². The maximum Gasteiger partial charge on any atom is 0.234 e. The van der Waals surface area contributed by atoms with Gasteiger partial charge in [0.05, 0.1) is 6.04 Å². The number of carbonyl (C=O) groups excluding carboxylic acids is 1. The molecule has 2 heterocycles. The van der Waals surface area contributed by atoms with Crippen LogP contribution in [0.4, 0.5) is 0 Å². The minimum atomic E-state index is -3.77. The summed E-state index contributed by atoms with van der Waals surface area (Å²) in [6.07, 6.45) is 5.10. The van der Waals surface area contributed by atoms with Gasteiger partial charge in [-0.2, -0.15) is 0 Å². The molecule has 0 spiro atoms. The van der Waals surface area contributed by atoms with Crippen LogP contribution in [-0.4, -0.2) is 49.1 Å². The topological polar surface area (TPSA) is 105 Å². The van der Waals surface area contributed by atoms with Crippen LogP contribution in [0.2, 0.25) is 0 Å². The Kier molecular flexibility index (Phi) is 6.31. The number of aromatic nitrogens is 1. The van der Waals surface area contributed by atoms with Crippen LogP contribution in [0.15, 0.2) is 24.5 Å². The lowest BCUT2D eigenvalue weighted by Crippen LogP contribution is -2.44. The summed E-state index contributed by atoms with van der Waals surface area (Å²) in [4.78, 5) is 17.5. The fourth-order valence-corrected chi connectivity index (χ4v) is 4.36. The number of likely N-dealkylation sites (tertiary alicyclic amines) is 1. The zero-order valence-corrected chi connectivity index (χ0v) is 15.0. The SMILES string of the molecule is CC(C)N1CCC(C(NS(=O)(=O)CC(N)=O)c2cccnc2)CC1. The van der Waals surface area contributed by atoms with E-state index in [1.165, 1.54) is 0 Å². The zero-order chi connectivity index (χ0) is 17.7. The van der Waals surface area contributed by atoms with E-state index in [0.717, 1.165) is 31.5 Å². The first-order valence-electron chi connectivity index (χ1n) is 8.21. The number of nitrogens with one attached hydrogen (secondary N) is 1. The van der Waals surface area contributed by atoms with Gasteiger partial charge in [0.2, 0.25) is 15.9 Å². The zero-order valence-electron chi connectivity index (χ0n) is 14.2. The van der Waals surface area contributed by atoms with Gasteiger partial charge in [0.15, 0.2) is 0 Å². The number of nitrogens with zero attached hydrogens (tertiary/aromatic N) is 2. The normalized spacial score (nSPS) is 18.6. The Labute approximate surface area is 143 Å². The van der Waals surface area contributed by atoms with Gasteiger partial charge >= 0.3 is 0 Å². The molecule has 1 aliphatic heterocycles. The highest BCUT2D eigenvalue weighted by atomic mass is 32.2. The Balaban J connectivity index is 2.17. The molecule has 0 radical (unpaired) electrons. The maximum atomic E-state index is 12.2. The van der Waals surface area contributed by atoms with Crippen molar-refractivity contribution in [1.82, 2.24) is 14.6 Å². The van der Waals surface area contributed by atoms with Crippen molar-refractivity contribution in [2.45, 2.75) is 38.8 Å². The van der Waals surface area contributed by atoms with Gasteiger partial charge in [-0.3, -0.25) is 9.78 Å². The fraction of sp³-hybridized carbons (Fsp3) is 0.625. The monoisotopic (exact) mass is 354 g/mol. The molecule has 1 aromatic rings. The minimum Gasteiger partial charge on any atom is -0.369 e. The van der Waals surface area contributed by atoms with Gasteiger partial charge in [-0.15, -0.1) is 0 Å². The summed E-state index contributed by atoms with van der Waals surface area (Å²) < 4.78 is 27.1. The van der Waals surface area contributed by atoms with Crippen molar-refractivity contribution >= 4 is 15.9 Å². The molecule has 1 atom stereocenters. The highest BCUT2D eigenvalue weighted by molar-refractivity contribution is 7.90. The summed E-state index contributed by atoms with van der Waals surface area (Å²) in [5.74, 6) is -1.40. The lowest BCUT2D eigenvalue weighted by Gasteiger charge is -2.38. The molecule has 0 bridgehead atoms. The summed E-state index contributed by atoms with van der Waals surface area (Å²) >= 11 is 0. The minimum absolute atomic E-state index is 0.159. The third kappa shape index (κ3) is 5.25. The van der Waals surface area contributed by atoms with Gasteiger partial charge in [-0.1, -0.05) is 6.07 Å². The molecule has 1 aliphatic rings. The molecule has 0 aliphatic carbocycles. The molecule has 1 aromatic heterocycles. The molecule has 1 saturated heterocycles. The van der Waals surface area contributed by atoms with Gasteiger partial charge in [0, 0.05) is 18.4 Å². The standard InChI is InChI=1S/C16H26N4O3S/c1-12(2)20-8-5-13(6-9-20)16(14-4-3-7-18-10-14)19-24(22,23)11-15(17)21/h3-4,7,10,12-13,16,19H,5-6,8-9,11H2,1-2H3,(H2,17,21). The van der Waals surface area contributed by atoms with E-state index in [1.54, 1.807) is 18.5 Å². The molecule has 1 fully saturated rings. The van der Waals surface area contributed by atoms with E-state index >= 15 is 0 Å². The van der Waals surface area contributed by atoms with E-state index in [2.05, 4.69) is 28.5 Å². The summed E-state index contributed by atoms with van der Waals surface area (Å²) in [5.41, 5.74) is 5.86.